The number of hydrogen-bond acceptors (Lipinski definition) is 4. The molecule has 1 aromatic carbocycles. The number of halogens is 1. The summed E-state index contributed by atoms with van der Waals surface area (Å²) >= 11 is 6.40. The summed E-state index contributed by atoms with van der Waals surface area (Å²) < 4.78 is 5.89. The summed E-state index contributed by atoms with van der Waals surface area (Å²) in [7, 11) is 0. The van der Waals surface area contributed by atoms with Crippen molar-refractivity contribution in [3.8, 4) is 0 Å². The van der Waals surface area contributed by atoms with Gasteiger partial charge in [-0.25, -0.2) is 4.98 Å². The fourth-order valence-corrected chi connectivity index (χ4v) is 3.65. The number of nitrogens with one attached hydrogen (secondary N) is 1. The minimum absolute atomic E-state index is 0.000910. The highest BCUT2D eigenvalue weighted by Gasteiger charge is 2.20. The van der Waals surface area contributed by atoms with Gasteiger partial charge in [0, 0.05) is 24.7 Å². The molecule has 3 heterocycles. The molecule has 4 rings (SSSR count). The molecule has 27 heavy (non-hydrogen) atoms. The number of pyridine rings is 1. The number of furan rings is 1. The maximum atomic E-state index is 12.6. The number of rotatable bonds is 4. The number of aromatic nitrogens is 1. The molecule has 1 amide bonds. The fourth-order valence-electron chi connectivity index (χ4n) is 3.43. The molecule has 3 aromatic rings. The molecule has 1 N–H and O–H groups in total. The molecule has 1 fully saturated rings. The Labute approximate surface area is 163 Å². The van der Waals surface area contributed by atoms with E-state index < -0.39 is 0 Å². The average Bonchev–Trinajstić information content (AvgIpc) is 3.14. The highest BCUT2D eigenvalue weighted by Crippen LogP contribution is 2.29. The van der Waals surface area contributed by atoms with E-state index >= 15 is 0 Å². The monoisotopic (exact) mass is 383 g/mol. The van der Waals surface area contributed by atoms with Crippen LogP contribution in [0.4, 0.5) is 5.82 Å². The molecule has 0 saturated carbocycles. The molecule has 1 atom stereocenters. The van der Waals surface area contributed by atoms with Crippen LogP contribution in [0, 0.1) is 0 Å². The van der Waals surface area contributed by atoms with E-state index in [1.54, 1.807) is 12.3 Å². The summed E-state index contributed by atoms with van der Waals surface area (Å²) in [6.45, 7) is 3.60. The quantitative estimate of drug-likeness (QED) is 0.665. The number of piperidine rings is 1. The van der Waals surface area contributed by atoms with Crippen LogP contribution in [0.25, 0.3) is 11.0 Å². The third kappa shape index (κ3) is 3.78. The van der Waals surface area contributed by atoms with Gasteiger partial charge >= 0.3 is 0 Å². The van der Waals surface area contributed by atoms with E-state index in [2.05, 4.69) is 10.3 Å². The normalized spacial score (nSPS) is 15.7. The first-order valence-electron chi connectivity index (χ1n) is 9.31. The van der Waals surface area contributed by atoms with Crippen molar-refractivity contribution in [3.63, 3.8) is 0 Å². The van der Waals surface area contributed by atoms with Crippen LogP contribution >= 0.6 is 11.6 Å². The molecular formula is C21H22ClN3O2. The number of hydrogen-bond donors (Lipinski definition) is 1. The van der Waals surface area contributed by atoms with E-state index in [0.717, 1.165) is 42.7 Å². The van der Waals surface area contributed by atoms with E-state index in [9.17, 15) is 4.79 Å². The van der Waals surface area contributed by atoms with Gasteiger partial charge in [-0.3, -0.25) is 4.79 Å². The Bertz CT molecular complexity index is 930. The Kier molecular flexibility index (Phi) is 5.03. The lowest BCUT2D eigenvalue weighted by Crippen LogP contribution is -2.35. The number of likely N-dealkylation sites (tertiary alicyclic amines) is 1. The molecular weight excluding hydrogens is 362 g/mol. The summed E-state index contributed by atoms with van der Waals surface area (Å²) in [6.07, 6.45) is 4.89. The van der Waals surface area contributed by atoms with Gasteiger partial charge in [-0.05, 0) is 44.4 Å². The predicted molar refractivity (Wildman–Crippen MR) is 107 cm³/mol. The van der Waals surface area contributed by atoms with Crippen LogP contribution in [0.5, 0.6) is 0 Å². The Balaban J connectivity index is 1.49. The van der Waals surface area contributed by atoms with Crippen LogP contribution in [-0.4, -0.2) is 28.9 Å². The van der Waals surface area contributed by atoms with E-state index in [4.69, 9.17) is 16.0 Å². The number of carbonyl (C=O) groups excluding carboxylic acids is 1. The first-order valence-corrected chi connectivity index (χ1v) is 9.69. The molecule has 0 aliphatic carbocycles. The van der Waals surface area contributed by atoms with Gasteiger partial charge in [0.05, 0.1) is 16.6 Å². The van der Waals surface area contributed by atoms with Crippen molar-refractivity contribution in [1.29, 1.82) is 0 Å². The van der Waals surface area contributed by atoms with Gasteiger partial charge in [-0.1, -0.05) is 29.8 Å². The standard InChI is InChI=1S/C21H22ClN3O2/c1-14(19-12-15-7-3-4-8-18(15)27-19)24-20-17(22)11-16(13-23-20)21(26)25-9-5-2-6-10-25/h3-4,7-8,11-14H,2,5-6,9-10H2,1H3,(H,23,24)/t14-/m1/s1. The van der Waals surface area contributed by atoms with Crippen molar-refractivity contribution >= 4 is 34.3 Å². The second kappa shape index (κ2) is 7.61. The van der Waals surface area contributed by atoms with E-state index in [-0.39, 0.29) is 11.9 Å². The topological polar surface area (TPSA) is 58.4 Å². The van der Waals surface area contributed by atoms with E-state index in [0.29, 0.717) is 16.4 Å². The van der Waals surface area contributed by atoms with Crippen LogP contribution in [0.2, 0.25) is 5.02 Å². The summed E-state index contributed by atoms with van der Waals surface area (Å²) in [5, 5.41) is 4.76. The van der Waals surface area contributed by atoms with Gasteiger partial charge in [-0.15, -0.1) is 0 Å². The molecule has 1 saturated heterocycles. The van der Waals surface area contributed by atoms with Crippen molar-refractivity contribution in [1.82, 2.24) is 9.88 Å². The van der Waals surface area contributed by atoms with Gasteiger partial charge in [0.25, 0.3) is 5.91 Å². The van der Waals surface area contributed by atoms with E-state index in [1.165, 1.54) is 6.42 Å². The first-order chi connectivity index (χ1) is 13.1. The minimum atomic E-state index is -0.106. The van der Waals surface area contributed by atoms with Crippen molar-refractivity contribution < 1.29 is 9.21 Å². The second-order valence-corrected chi connectivity index (χ2v) is 7.37. The Morgan fingerprint density at radius 1 is 1.22 bits per heavy atom. The molecule has 5 nitrogen and oxygen atoms in total. The summed E-state index contributed by atoms with van der Waals surface area (Å²) in [5.74, 6) is 1.35. The lowest BCUT2D eigenvalue weighted by molar-refractivity contribution is 0.0724. The van der Waals surface area contributed by atoms with Crippen LogP contribution in [0.15, 0.2) is 47.0 Å². The average molecular weight is 384 g/mol. The maximum absolute atomic E-state index is 12.6. The molecule has 1 aliphatic rings. The molecule has 2 aromatic heterocycles. The van der Waals surface area contributed by atoms with Crippen molar-refractivity contribution in [2.75, 3.05) is 18.4 Å². The van der Waals surface area contributed by atoms with Crippen LogP contribution < -0.4 is 5.32 Å². The number of benzene rings is 1. The Morgan fingerprint density at radius 3 is 2.74 bits per heavy atom. The molecule has 0 spiro atoms. The van der Waals surface area contributed by atoms with Gasteiger partial charge in [0.15, 0.2) is 0 Å². The van der Waals surface area contributed by atoms with Gasteiger partial charge in [0.1, 0.15) is 17.2 Å². The maximum Gasteiger partial charge on any atom is 0.255 e. The van der Waals surface area contributed by atoms with Gasteiger partial charge in [0.2, 0.25) is 0 Å². The summed E-state index contributed by atoms with van der Waals surface area (Å²) in [5.41, 5.74) is 1.38. The molecule has 1 aliphatic heterocycles. The first kappa shape index (κ1) is 17.9. The van der Waals surface area contributed by atoms with Gasteiger partial charge in [-0.2, -0.15) is 0 Å². The Hall–Kier alpha value is -2.53. The largest absolute Gasteiger partial charge is 0.459 e. The highest BCUT2D eigenvalue weighted by molar-refractivity contribution is 6.33. The van der Waals surface area contributed by atoms with Crippen LogP contribution in [0.1, 0.15) is 48.3 Å². The summed E-state index contributed by atoms with van der Waals surface area (Å²) in [6, 6.07) is 11.5. The van der Waals surface area contributed by atoms with Crippen molar-refractivity contribution in [3.05, 3.63) is 58.9 Å². The van der Waals surface area contributed by atoms with Crippen molar-refractivity contribution in [2.24, 2.45) is 0 Å². The molecule has 0 radical (unpaired) electrons. The molecule has 6 heteroatoms. The summed E-state index contributed by atoms with van der Waals surface area (Å²) in [4.78, 5) is 18.9. The number of carbonyl (C=O) groups is 1. The fraction of sp³-hybridized carbons (Fsp3) is 0.333. The lowest BCUT2D eigenvalue weighted by Gasteiger charge is -2.26. The van der Waals surface area contributed by atoms with Crippen LogP contribution in [0.3, 0.4) is 0 Å². The third-order valence-electron chi connectivity index (χ3n) is 4.96. The van der Waals surface area contributed by atoms with Gasteiger partial charge < -0.3 is 14.6 Å². The Morgan fingerprint density at radius 2 is 2.00 bits per heavy atom. The number of amides is 1. The lowest BCUT2D eigenvalue weighted by atomic mass is 10.1. The highest BCUT2D eigenvalue weighted by atomic mass is 35.5. The van der Waals surface area contributed by atoms with Crippen LogP contribution in [-0.2, 0) is 0 Å². The zero-order valence-corrected chi connectivity index (χ0v) is 16.0. The van der Waals surface area contributed by atoms with E-state index in [1.807, 2.05) is 42.2 Å². The molecule has 0 unspecified atom stereocenters. The predicted octanol–water partition coefficient (Wildman–Crippen LogP) is 5.28. The number of fused-ring (bicyclic) bond motifs is 1. The SMILES string of the molecule is C[C@@H](Nc1ncc(C(=O)N2CCCCC2)cc1Cl)c1cc2ccccc2o1. The minimum Gasteiger partial charge on any atom is -0.459 e. The second-order valence-electron chi connectivity index (χ2n) is 6.96. The number of nitrogens with zero attached hydrogens (tertiary/aromatic N) is 2. The zero-order valence-electron chi connectivity index (χ0n) is 15.2. The zero-order chi connectivity index (χ0) is 18.8. The molecule has 140 valence electrons. The number of anilines is 1. The molecule has 0 bridgehead atoms. The van der Waals surface area contributed by atoms with Crippen molar-refractivity contribution in [2.45, 2.75) is 32.2 Å². The number of para-hydroxylation sites is 1. The smallest absolute Gasteiger partial charge is 0.255 e. The third-order valence-corrected chi connectivity index (χ3v) is 5.24.